The van der Waals surface area contributed by atoms with E-state index < -0.39 is 42.1 Å². The Morgan fingerprint density at radius 1 is 0.744 bits per heavy atom. The summed E-state index contributed by atoms with van der Waals surface area (Å²) in [5.74, 6) is -6.36. The normalized spacial score (nSPS) is 12.5. The van der Waals surface area contributed by atoms with Gasteiger partial charge < -0.3 is 30.5 Å². The standard InChI is InChI=1S/C20H18O8.C8H15NO2/c1-11-3-7-13(8-4-11)19(25)27-15(17(21)22)16(18(23)24)28-20(26)14-9-5-12(2)6-10-14;1-6(2)3-7(5-9)4-8(10)11/h3-10,15-16H,1-2H3,(H,21,22)(H,23,24);7H,1,3-5,9H2,2H3,(H,10,11)/t15-,16-;7-/m11/s1. The Hall–Kier alpha value is -4.51. The van der Waals surface area contributed by atoms with Crippen molar-refractivity contribution in [1.82, 2.24) is 0 Å². The van der Waals surface area contributed by atoms with Crippen LogP contribution < -0.4 is 5.73 Å². The van der Waals surface area contributed by atoms with Gasteiger partial charge in [-0.1, -0.05) is 41.0 Å². The molecule has 0 amide bonds. The number of carbonyl (C=O) groups is 5. The fourth-order valence-corrected chi connectivity index (χ4v) is 3.21. The Bertz CT molecular complexity index is 1080. The molecule has 0 aromatic heterocycles. The van der Waals surface area contributed by atoms with Crippen LogP contribution in [0.1, 0.15) is 51.6 Å². The maximum atomic E-state index is 12.2. The third kappa shape index (κ3) is 11.6. The zero-order valence-corrected chi connectivity index (χ0v) is 22.0. The van der Waals surface area contributed by atoms with Gasteiger partial charge in [0.15, 0.2) is 0 Å². The fraction of sp³-hybridized carbons (Fsp3) is 0.321. The molecule has 0 saturated heterocycles. The van der Waals surface area contributed by atoms with Gasteiger partial charge in [-0.15, -0.1) is 6.58 Å². The zero-order valence-electron chi connectivity index (χ0n) is 22.0. The third-order valence-electron chi connectivity index (χ3n) is 5.24. The second kappa shape index (κ2) is 15.7. The number of carboxylic acids is 3. The Labute approximate surface area is 225 Å². The molecule has 2 rings (SSSR count). The predicted molar refractivity (Wildman–Crippen MR) is 140 cm³/mol. The molecule has 0 saturated carbocycles. The molecule has 0 aliphatic heterocycles. The van der Waals surface area contributed by atoms with Gasteiger partial charge in [0.05, 0.1) is 11.1 Å². The van der Waals surface area contributed by atoms with Gasteiger partial charge in [0.2, 0.25) is 12.2 Å². The number of ether oxygens (including phenoxy) is 2. The highest BCUT2D eigenvalue weighted by Crippen LogP contribution is 2.15. The van der Waals surface area contributed by atoms with E-state index in [-0.39, 0.29) is 23.5 Å². The number of nitrogens with two attached hydrogens (primary N) is 1. The number of benzene rings is 2. The van der Waals surface area contributed by atoms with Gasteiger partial charge in [-0.25, -0.2) is 19.2 Å². The Morgan fingerprint density at radius 3 is 1.36 bits per heavy atom. The first-order chi connectivity index (χ1) is 18.2. The van der Waals surface area contributed by atoms with Crippen molar-refractivity contribution in [2.75, 3.05) is 6.54 Å². The average Bonchev–Trinajstić information content (AvgIpc) is 2.85. The SMILES string of the molecule is C=C(C)C[C@@H](CN)CC(=O)O.Cc1ccc(C(=O)O[C@@H](C(=O)O)[C@@H](OC(=O)c2ccc(C)cc2)C(=O)O)cc1. The summed E-state index contributed by atoms with van der Waals surface area (Å²) >= 11 is 0. The van der Waals surface area contributed by atoms with Gasteiger partial charge in [0.1, 0.15) is 0 Å². The predicted octanol–water partition coefficient (Wildman–Crippen LogP) is 3.23. The first-order valence-corrected chi connectivity index (χ1v) is 11.8. The molecule has 0 aliphatic carbocycles. The molecule has 39 heavy (non-hydrogen) atoms. The molecule has 0 bridgehead atoms. The Kier molecular flexibility index (Phi) is 13.1. The van der Waals surface area contributed by atoms with Crippen LogP contribution in [0, 0.1) is 19.8 Å². The third-order valence-corrected chi connectivity index (χ3v) is 5.24. The summed E-state index contributed by atoms with van der Waals surface area (Å²) in [6.45, 7) is 9.58. The summed E-state index contributed by atoms with van der Waals surface area (Å²) < 4.78 is 9.64. The van der Waals surface area contributed by atoms with Gasteiger partial charge in [-0.3, -0.25) is 4.79 Å². The molecule has 0 heterocycles. The van der Waals surface area contributed by atoms with Gasteiger partial charge in [0.25, 0.3) is 0 Å². The molecule has 0 aliphatic rings. The minimum atomic E-state index is -2.22. The molecular formula is C28H33NO10. The highest BCUT2D eigenvalue weighted by molar-refractivity contribution is 5.95. The molecule has 11 heteroatoms. The molecule has 11 nitrogen and oxygen atoms in total. The van der Waals surface area contributed by atoms with Gasteiger partial charge in [-0.05, 0) is 63.9 Å². The van der Waals surface area contributed by atoms with Crippen LogP contribution in [0.5, 0.6) is 0 Å². The molecule has 210 valence electrons. The number of rotatable bonds is 12. The van der Waals surface area contributed by atoms with Crippen LogP contribution in [-0.2, 0) is 23.9 Å². The van der Waals surface area contributed by atoms with Crippen LogP contribution in [0.25, 0.3) is 0 Å². The maximum Gasteiger partial charge on any atom is 0.349 e. The van der Waals surface area contributed by atoms with Gasteiger partial charge in [-0.2, -0.15) is 0 Å². The summed E-state index contributed by atoms with van der Waals surface area (Å²) in [5.41, 5.74) is 8.14. The lowest BCUT2D eigenvalue weighted by atomic mass is 9.98. The summed E-state index contributed by atoms with van der Waals surface area (Å²) in [4.78, 5) is 57.6. The zero-order chi connectivity index (χ0) is 29.7. The maximum absolute atomic E-state index is 12.2. The Morgan fingerprint density at radius 2 is 1.10 bits per heavy atom. The topological polar surface area (TPSA) is 191 Å². The Balaban J connectivity index is 0.000000584. The van der Waals surface area contributed by atoms with Crippen LogP contribution in [-0.4, -0.2) is 63.9 Å². The summed E-state index contributed by atoms with van der Waals surface area (Å²) in [7, 11) is 0. The van der Waals surface area contributed by atoms with E-state index in [1.165, 1.54) is 24.3 Å². The fourth-order valence-electron chi connectivity index (χ4n) is 3.21. The number of carboxylic acid groups (broad SMARTS) is 3. The number of hydrogen-bond donors (Lipinski definition) is 4. The number of allylic oxidation sites excluding steroid dienone is 1. The first kappa shape index (κ1) is 32.5. The molecule has 3 atom stereocenters. The number of carbonyl (C=O) groups excluding carboxylic acids is 2. The highest BCUT2D eigenvalue weighted by atomic mass is 16.6. The highest BCUT2D eigenvalue weighted by Gasteiger charge is 2.41. The van der Waals surface area contributed by atoms with Crippen LogP contribution in [0.4, 0.5) is 0 Å². The second-order valence-corrected chi connectivity index (χ2v) is 8.92. The van der Waals surface area contributed by atoms with E-state index in [0.717, 1.165) is 16.7 Å². The molecule has 2 aromatic rings. The summed E-state index contributed by atoms with van der Waals surface area (Å²) in [5, 5.41) is 27.1. The second-order valence-electron chi connectivity index (χ2n) is 8.92. The first-order valence-electron chi connectivity index (χ1n) is 11.8. The van der Waals surface area contributed by atoms with Gasteiger partial charge in [0, 0.05) is 6.42 Å². The van der Waals surface area contributed by atoms with E-state index in [1.807, 2.05) is 6.92 Å². The van der Waals surface area contributed by atoms with E-state index in [0.29, 0.717) is 13.0 Å². The van der Waals surface area contributed by atoms with Crippen LogP contribution in [0.2, 0.25) is 0 Å². The molecule has 0 fully saturated rings. The van der Waals surface area contributed by atoms with E-state index in [2.05, 4.69) is 6.58 Å². The number of esters is 2. The lowest BCUT2D eigenvalue weighted by Crippen LogP contribution is -2.45. The van der Waals surface area contributed by atoms with Crippen LogP contribution in [0.15, 0.2) is 60.7 Å². The van der Waals surface area contributed by atoms with Crippen molar-refractivity contribution < 1.29 is 48.8 Å². The van der Waals surface area contributed by atoms with E-state index in [1.54, 1.807) is 38.1 Å². The van der Waals surface area contributed by atoms with Crippen LogP contribution in [0.3, 0.4) is 0 Å². The minimum Gasteiger partial charge on any atom is -0.481 e. The van der Waals surface area contributed by atoms with Crippen molar-refractivity contribution in [3.05, 3.63) is 82.9 Å². The molecular weight excluding hydrogens is 510 g/mol. The van der Waals surface area contributed by atoms with Crippen molar-refractivity contribution in [3.8, 4) is 0 Å². The smallest absolute Gasteiger partial charge is 0.349 e. The van der Waals surface area contributed by atoms with E-state index in [4.69, 9.17) is 20.3 Å². The summed E-state index contributed by atoms with van der Waals surface area (Å²) in [6, 6.07) is 12.1. The van der Waals surface area contributed by atoms with E-state index in [9.17, 15) is 34.2 Å². The van der Waals surface area contributed by atoms with Crippen molar-refractivity contribution >= 4 is 29.8 Å². The van der Waals surface area contributed by atoms with Crippen molar-refractivity contribution in [2.45, 2.75) is 45.8 Å². The number of aliphatic carboxylic acids is 3. The number of hydrogen-bond acceptors (Lipinski definition) is 8. The number of aryl methyl sites for hydroxylation is 2. The van der Waals surface area contributed by atoms with Crippen molar-refractivity contribution in [1.29, 1.82) is 0 Å². The van der Waals surface area contributed by atoms with Crippen LogP contribution >= 0.6 is 0 Å². The van der Waals surface area contributed by atoms with Gasteiger partial charge >= 0.3 is 29.8 Å². The lowest BCUT2D eigenvalue weighted by molar-refractivity contribution is -0.166. The molecule has 2 aromatic carbocycles. The monoisotopic (exact) mass is 543 g/mol. The average molecular weight is 544 g/mol. The molecule has 0 radical (unpaired) electrons. The quantitative estimate of drug-likeness (QED) is 0.227. The molecule has 5 N–H and O–H groups in total. The molecule has 0 spiro atoms. The lowest BCUT2D eigenvalue weighted by Gasteiger charge is -2.21. The van der Waals surface area contributed by atoms with Crippen molar-refractivity contribution in [3.63, 3.8) is 0 Å². The summed E-state index contributed by atoms with van der Waals surface area (Å²) in [6.07, 6.45) is -3.59. The largest absolute Gasteiger partial charge is 0.481 e. The van der Waals surface area contributed by atoms with Crippen molar-refractivity contribution in [2.24, 2.45) is 11.7 Å². The molecule has 0 unspecified atom stereocenters. The minimum absolute atomic E-state index is 0.0332. The van der Waals surface area contributed by atoms with E-state index >= 15 is 0 Å².